The number of amides is 1. The van der Waals surface area contributed by atoms with E-state index in [1.54, 1.807) is 12.1 Å². The third-order valence-corrected chi connectivity index (χ3v) is 4.16. The van der Waals surface area contributed by atoms with Crippen LogP contribution in [0, 0.1) is 0 Å². The van der Waals surface area contributed by atoms with Gasteiger partial charge in [-0.05, 0) is 29.3 Å². The van der Waals surface area contributed by atoms with Gasteiger partial charge in [0.1, 0.15) is 0 Å². The molecule has 2 aromatic carbocycles. The number of nitrogens with one attached hydrogen (secondary N) is 2. The summed E-state index contributed by atoms with van der Waals surface area (Å²) in [5, 5.41) is 5.17. The number of nitrogens with zero attached hydrogens (tertiary/aromatic N) is 1. The molecule has 1 amide bonds. The van der Waals surface area contributed by atoms with Crippen LogP contribution < -0.4 is 10.7 Å². The minimum Gasteiger partial charge on any atom is -0.357 e. The van der Waals surface area contributed by atoms with Gasteiger partial charge in [0, 0.05) is 20.0 Å². The molecule has 0 unspecified atom stereocenters. The van der Waals surface area contributed by atoms with Crippen LogP contribution in [0.4, 0.5) is 0 Å². The van der Waals surface area contributed by atoms with E-state index < -0.39 is 0 Å². The first-order valence-corrected chi connectivity index (χ1v) is 8.37. The maximum atomic E-state index is 12.2. The standard InChI is InChI=1S/C19H23N3OS/c1-15(17-11-7-4-8-12-17)13-18(23)21-22(2)19(24)20-14-16-9-5-3-6-10-16/h3-12,15H,13-14H2,1-2H3,(H,20,24)(H,21,23)/t15-/m0/s1. The number of hydrogen-bond donors (Lipinski definition) is 2. The van der Waals surface area contributed by atoms with E-state index in [4.69, 9.17) is 12.2 Å². The highest BCUT2D eigenvalue weighted by atomic mass is 32.1. The van der Waals surface area contributed by atoms with E-state index in [-0.39, 0.29) is 11.8 Å². The molecule has 0 spiro atoms. The number of rotatable bonds is 5. The maximum Gasteiger partial charge on any atom is 0.239 e. The van der Waals surface area contributed by atoms with Crippen LogP contribution >= 0.6 is 12.2 Å². The zero-order valence-corrected chi connectivity index (χ0v) is 14.8. The predicted octanol–water partition coefficient (Wildman–Crippen LogP) is 3.22. The Morgan fingerprint density at radius 1 is 1.08 bits per heavy atom. The third-order valence-electron chi connectivity index (χ3n) is 3.74. The molecule has 0 fully saturated rings. The van der Waals surface area contributed by atoms with Crippen molar-refractivity contribution in [1.82, 2.24) is 15.8 Å². The molecule has 2 aromatic rings. The van der Waals surface area contributed by atoms with Crippen molar-refractivity contribution in [3.63, 3.8) is 0 Å². The van der Waals surface area contributed by atoms with Gasteiger partial charge in [0.05, 0.1) is 0 Å². The minimum absolute atomic E-state index is 0.0577. The highest BCUT2D eigenvalue weighted by molar-refractivity contribution is 7.80. The first kappa shape index (κ1) is 17.9. The lowest BCUT2D eigenvalue weighted by Gasteiger charge is -2.22. The Labute approximate surface area is 148 Å². The molecule has 2 N–H and O–H groups in total. The van der Waals surface area contributed by atoms with Gasteiger partial charge in [-0.1, -0.05) is 67.6 Å². The number of hydrazine groups is 1. The summed E-state index contributed by atoms with van der Waals surface area (Å²) >= 11 is 5.30. The Kier molecular flexibility index (Phi) is 6.75. The van der Waals surface area contributed by atoms with Crippen LogP contribution in [0.1, 0.15) is 30.4 Å². The summed E-state index contributed by atoms with van der Waals surface area (Å²) in [6.45, 7) is 2.67. The molecule has 126 valence electrons. The summed E-state index contributed by atoms with van der Waals surface area (Å²) in [7, 11) is 1.74. The highest BCUT2D eigenvalue weighted by Gasteiger charge is 2.13. The van der Waals surface area contributed by atoms with Gasteiger partial charge in [-0.3, -0.25) is 15.2 Å². The fourth-order valence-corrected chi connectivity index (χ4v) is 2.47. The van der Waals surface area contributed by atoms with Gasteiger partial charge in [-0.2, -0.15) is 0 Å². The number of hydrogen-bond acceptors (Lipinski definition) is 2. The lowest BCUT2D eigenvalue weighted by molar-refractivity contribution is -0.124. The molecule has 2 rings (SSSR count). The molecule has 0 saturated heterocycles. The maximum absolute atomic E-state index is 12.2. The summed E-state index contributed by atoms with van der Waals surface area (Å²) in [6.07, 6.45) is 0.412. The Balaban J connectivity index is 1.77. The lowest BCUT2D eigenvalue weighted by atomic mass is 9.98. The zero-order chi connectivity index (χ0) is 17.4. The van der Waals surface area contributed by atoms with Crippen LogP contribution in [0.5, 0.6) is 0 Å². The number of carbonyl (C=O) groups excluding carboxylic acids is 1. The van der Waals surface area contributed by atoms with Gasteiger partial charge < -0.3 is 5.32 Å². The van der Waals surface area contributed by atoms with E-state index >= 15 is 0 Å². The Morgan fingerprint density at radius 3 is 2.29 bits per heavy atom. The van der Waals surface area contributed by atoms with Gasteiger partial charge >= 0.3 is 0 Å². The molecule has 0 radical (unpaired) electrons. The monoisotopic (exact) mass is 341 g/mol. The molecular formula is C19H23N3OS. The van der Waals surface area contributed by atoms with Gasteiger partial charge in [0.25, 0.3) is 0 Å². The lowest BCUT2D eigenvalue weighted by Crippen LogP contribution is -2.48. The van der Waals surface area contributed by atoms with Crippen LogP contribution in [0.25, 0.3) is 0 Å². The third kappa shape index (κ3) is 5.66. The van der Waals surface area contributed by atoms with E-state index in [9.17, 15) is 4.79 Å². The van der Waals surface area contributed by atoms with E-state index in [1.807, 2.05) is 67.6 Å². The van der Waals surface area contributed by atoms with Crippen molar-refractivity contribution >= 4 is 23.2 Å². The van der Waals surface area contributed by atoms with Crippen molar-refractivity contribution in [2.24, 2.45) is 0 Å². The second-order valence-electron chi connectivity index (χ2n) is 5.75. The van der Waals surface area contributed by atoms with Crippen molar-refractivity contribution < 1.29 is 4.79 Å². The smallest absolute Gasteiger partial charge is 0.239 e. The van der Waals surface area contributed by atoms with E-state index in [2.05, 4.69) is 10.7 Å². The fourth-order valence-electron chi connectivity index (χ4n) is 2.35. The Morgan fingerprint density at radius 2 is 1.67 bits per heavy atom. The Hall–Kier alpha value is -2.40. The molecule has 1 atom stereocenters. The molecule has 24 heavy (non-hydrogen) atoms. The second kappa shape index (κ2) is 9.03. The van der Waals surface area contributed by atoms with Crippen LogP contribution in [0.2, 0.25) is 0 Å². The van der Waals surface area contributed by atoms with Crippen molar-refractivity contribution in [1.29, 1.82) is 0 Å². The molecule has 0 aliphatic rings. The van der Waals surface area contributed by atoms with Gasteiger partial charge in [0.2, 0.25) is 5.91 Å². The minimum atomic E-state index is -0.0577. The largest absolute Gasteiger partial charge is 0.357 e. The zero-order valence-electron chi connectivity index (χ0n) is 14.0. The van der Waals surface area contributed by atoms with Gasteiger partial charge in [0.15, 0.2) is 5.11 Å². The van der Waals surface area contributed by atoms with E-state index in [1.165, 1.54) is 0 Å². The molecule has 0 aromatic heterocycles. The molecule has 0 bridgehead atoms. The van der Waals surface area contributed by atoms with E-state index in [0.29, 0.717) is 18.1 Å². The quantitative estimate of drug-likeness (QED) is 0.647. The number of carbonyl (C=O) groups is 1. The van der Waals surface area contributed by atoms with Gasteiger partial charge in [-0.15, -0.1) is 0 Å². The molecule has 0 aliphatic heterocycles. The van der Waals surface area contributed by atoms with Crippen LogP contribution in [0.15, 0.2) is 60.7 Å². The van der Waals surface area contributed by atoms with Gasteiger partial charge in [-0.25, -0.2) is 0 Å². The molecule has 4 nitrogen and oxygen atoms in total. The van der Waals surface area contributed by atoms with E-state index in [0.717, 1.165) is 11.1 Å². The average molecular weight is 341 g/mol. The molecule has 5 heteroatoms. The summed E-state index contributed by atoms with van der Waals surface area (Å²) in [5.74, 6) is 0.100. The predicted molar refractivity (Wildman–Crippen MR) is 101 cm³/mol. The van der Waals surface area contributed by atoms with Crippen molar-refractivity contribution in [2.45, 2.75) is 25.8 Å². The molecular weight excluding hydrogens is 318 g/mol. The summed E-state index contributed by atoms with van der Waals surface area (Å²) in [6, 6.07) is 20.0. The first-order valence-electron chi connectivity index (χ1n) is 7.96. The summed E-state index contributed by atoms with van der Waals surface area (Å²) in [4.78, 5) is 12.2. The highest BCUT2D eigenvalue weighted by Crippen LogP contribution is 2.18. The van der Waals surface area contributed by atoms with Crippen molar-refractivity contribution in [3.8, 4) is 0 Å². The average Bonchev–Trinajstić information content (AvgIpc) is 2.61. The Bertz CT molecular complexity index is 661. The summed E-state index contributed by atoms with van der Waals surface area (Å²) in [5.41, 5.74) is 5.10. The number of benzene rings is 2. The topological polar surface area (TPSA) is 44.4 Å². The normalized spacial score (nSPS) is 11.4. The van der Waals surface area contributed by atoms with Crippen molar-refractivity contribution in [2.75, 3.05) is 7.05 Å². The first-order chi connectivity index (χ1) is 11.6. The number of thiocarbonyl (C=S) groups is 1. The van der Waals surface area contributed by atoms with Crippen molar-refractivity contribution in [3.05, 3.63) is 71.8 Å². The molecule has 0 heterocycles. The molecule has 0 aliphatic carbocycles. The van der Waals surface area contributed by atoms with Crippen LogP contribution in [-0.2, 0) is 11.3 Å². The van der Waals surface area contributed by atoms with Crippen LogP contribution in [-0.4, -0.2) is 23.1 Å². The fraction of sp³-hybridized carbons (Fsp3) is 0.263. The summed E-state index contributed by atoms with van der Waals surface area (Å²) < 4.78 is 0. The second-order valence-corrected chi connectivity index (χ2v) is 6.14. The molecule has 0 saturated carbocycles. The van der Waals surface area contributed by atoms with Crippen LogP contribution in [0.3, 0.4) is 0 Å². The SMILES string of the molecule is C[C@@H](CC(=O)NN(C)C(=S)NCc1ccccc1)c1ccccc1.